The van der Waals surface area contributed by atoms with Gasteiger partial charge in [0.15, 0.2) is 0 Å². The Morgan fingerprint density at radius 2 is 2.05 bits per heavy atom. The summed E-state index contributed by atoms with van der Waals surface area (Å²) in [7, 11) is -3.66. The molecule has 7 heteroatoms. The van der Waals surface area contributed by atoms with Gasteiger partial charge in [0.2, 0.25) is 10.0 Å². The van der Waals surface area contributed by atoms with Gasteiger partial charge in [-0.3, -0.25) is 0 Å². The summed E-state index contributed by atoms with van der Waals surface area (Å²) in [6.07, 6.45) is 3.22. The second kappa shape index (κ2) is 5.81. The molecule has 21 heavy (non-hydrogen) atoms. The van der Waals surface area contributed by atoms with Gasteiger partial charge in [0.05, 0.1) is 0 Å². The van der Waals surface area contributed by atoms with Crippen LogP contribution in [0.4, 0.5) is 0 Å². The standard InChI is InChI=1S/C14H22N2O4S/c1-9(2)10(3)7-15-21(19,20)12-6-13(14(17)18)16(8-12)11-4-5-11/h6,8-11,15H,4-5,7H2,1-3H3,(H,17,18). The summed E-state index contributed by atoms with van der Waals surface area (Å²) < 4.78 is 28.7. The maximum absolute atomic E-state index is 12.3. The molecule has 1 aliphatic carbocycles. The molecule has 0 spiro atoms. The Morgan fingerprint density at radius 3 is 2.52 bits per heavy atom. The van der Waals surface area contributed by atoms with E-state index < -0.39 is 16.0 Å². The molecular formula is C14H22N2O4S. The van der Waals surface area contributed by atoms with Crippen LogP contribution in [0.15, 0.2) is 17.2 Å². The van der Waals surface area contributed by atoms with Crippen LogP contribution in [0.2, 0.25) is 0 Å². The molecule has 1 saturated carbocycles. The lowest BCUT2D eigenvalue weighted by Crippen LogP contribution is -2.30. The van der Waals surface area contributed by atoms with Crippen molar-refractivity contribution in [2.45, 2.75) is 44.6 Å². The average molecular weight is 314 g/mol. The summed E-state index contributed by atoms with van der Waals surface area (Å²) in [6.45, 7) is 6.39. The van der Waals surface area contributed by atoms with Crippen molar-refractivity contribution < 1.29 is 18.3 Å². The van der Waals surface area contributed by atoms with Gasteiger partial charge in [-0.15, -0.1) is 0 Å². The number of sulfonamides is 1. The zero-order valence-electron chi connectivity index (χ0n) is 12.5. The topological polar surface area (TPSA) is 88.4 Å². The van der Waals surface area contributed by atoms with Crippen LogP contribution in [0.1, 0.15) is 50.1 Å². The van der Waals surface area contributed by atoms with Gasteiger partial charge in [0, 0.05) is 18.8 Å². The van der Waals surface area contributed by atoms with Crippen LogP contribution in [0.5, 0.6) is 0 Å². The van der Waals surface area contributed by atoms with E-state index in [0.717, 1.165) is 12.8 Å². The minimum absolute atomic E-state index is 0.0303. The number of hydrogen-bond donors (Lipinski definition) is 2. The molecule has 0 aromatic carbocycles. The van der Waals surface area contributed by atoms with Gasteiger partial charge < -0.3 is 9.67 Å². The van der Waals surface area contributed by atoms with E-state index in [-0.39, 0.29) is 22.5 Å². The number of carbonyl (C=O) groups is 1. The zero-order valence-corrected chi connectivity index (χ0v) is 13.4. The Morgan fingerprint density at radius 1 is 1.43 bits per heavy atom. The summed E-state index contributed by atoms with van der Waals surface area (Å²) in [5.41, 5.74) is 0.0368. The first kappa shape index (κ1) is 16.0. The normalized spacial score (nSPS) is 17.1. The highest BCUT2D eigenvalue weighted by atomic mass is 32.2. The largest absolute Gasteiger partial charge is 0.477 e. The molecule has 1 aliphatic rings. The Bertz CT molecular complexity index is 629. The minimum atomic E-state index is -3.66. The quantitative estimate of drug-likeness (QED) is 0.806. The lowest BCUT2D eigenvalue weighted by atomic mass is 9.99. The lowest BCUT2D eigenvalue weighted by Gasteiger charge is -2.15. The minimum Gasteiger partial charge on any atom is -0.477 e. The smallest absolute Gasteiger partial charge is 0.352 e. The first-order valence-corrected chi connectivity index (χ1v) is 8.65. The van der Waals surface area contributed by atoms with Gasteiger partial charge in [0.25, 0.3) is 0 Å². The number of aromatic nitrogens is 1. The zero-order chi connectivity index (χ0) is 15.8. The predicted octanol–water partition coefficient (Wildman–Crippen LogP) is 2.09. The molecule has 0 saturated heterocycles. The number of hydrogen-bond acceptors (Lipinski definition) is 3. The molecule has 1 unspecified atom stereocenters. The van der Waals surface area contributed by atoms with Crippen molar-refractivity contribution in [2.75, 3.05) is 6.54 Å². The molecule has 1 heterocycles. The van der Waals surface area contributed by atoms with Crippen molar-refractivity contribution in [3.8, 4) is 0 Å². The van der Waals surface area contributed by atoms with Crippen molar-refractivity contribution >= 4 is 16.0 Å². The van der Waals surface area contributed by atoms with Crippen LogP contribution in [0.25, 0.3) is 0 Å². The molecular weight excluding hydrogens is 292 g/mol. The number of aromatic carboxylic acids is 1. The summed E-state index contributed by atoms with van der Waals surface area (Å²) >= 11 is 0. The maximum atomic E-state index is 12.3. The first-order chi connectivity index (χ1) is 9.72. The SMILES string of the molecule is CC(C)C(C)CNS(=O)(=O)c1cc(C(=O)O)n(C2CC2)c1. The summed E-state index contributed by atoms with van der Waals surface area (Å²) in [5.74, 6) is -0.513. The van der Waals surface area contributed by atoms with Crippen LogP contribution < -0.4 is 4.72 Å². The van der Waals surface area contributed by atoms with Crippen molar-refractivity contribution in [1.29, 1.82) is 0 Å². The highest BCUT2D eigenvalue weighted by Gasteiger charge is 2.30. The molecule has 0 radical (unpaired) electrons. The van der Waals surface area contributed by atoms with E-state index >= 15 is 0 Å². The third-order valence-corrected chi connectivity index (χ3v) is 5.42. The molecule has 118 valence electrons. The van der Waals surface area contributed by atoms with Gasteiger partial charge in [-0.2, -0.15) is 0 Å². The highest BCUT2D eigenvalue weighted by Crippen LogP contribution is 2.37. The van der Waals surface area contributed by atoms with E-state index in [2.05, 4.69) is 4.72 Å². The molecule has 1 aromatic rings. The van der Waals surface area contributed by atoms with E-state index in [1.54, 1.807) is 4.57 Å². The fourth-order valence-corrected chi connectivity index (χ4v) is 3.16. The highest BCUT2D eigenvalue weighted by molar-refractivity contribution is 7.89. The van der Waals surface area contributed by atoms with Gasteiger partial charge in [-0.05, 0) is 30.7 Å². The van der Waals surface area contributed by atoms with Crippen LogP contribution in [0.3, 0.4) is 0 Å². The molecule has 0 amide bonds. The molecule has 1 aromatic heterocycles. The van der Waals surface area contributed by atoms with Crippen LogP contribution in [-0.2, 0) is 10.0 Å². The third-order valence-electron chi connectivity index (χ3n) is 4.03. The van der Waals surface area contributed by atoms with E-state index in [1.807, 2.05) is 20.8 Å². The first-order valence-electron chi connectivity index (χ1n) is 7.17. The van der Waals surface area contributed by atoms with E-state index in [9.17, 15) is 18.3 Å². The van der Waals surface area contributed by atoms with Crippen LogP contribution in [-0.4, -0.2) is 30.6 Å². The fourth-order valence-electron chi connectivity index (χ4n) is 1.99. The molecule has 0 aliphatic heterocycles. The van der Waals surface area contributed by atoms with Gasteiger partial charge >= 0.3 is 5.97 Å². The molecule has 2 N–H and O–H groups in total. The summed E-state index contributed by atoms with van der Waals surface area (Å²) in [6, 6.07) is 1.36. The van der Waals surface area contributed by atoms with Crippen LogP contribution in [0, 0.1) is 11.8 Å². The van der Waals surface area contributed by atoms with Gasteiger partial charge in [0.1, 0.15) is 10.6 Å². The number of nitrogens with one attached hydrogen (secondary N) is 1. The van der Waals surface area contributed by atoms with E-state index in [0.29, 0.717) is 12.5 Å². The Hall–Kier alpha value is -1.34. The van der Waals surface area contributed by atoms with Crippen molar-refractivity contribution in [3.05, 3.63) is 18.0 Å². The number of rotatable bonds is 7. The molecule has 1 atom stereocenters. The Balaban J connectivity index is 2.20. The molecule has 6 nitrogen and oxygen atoms in total. The van der Waals surface area contributed by atoms with E-state index in [4.69, 9.17) is 0 Å². The molecule has 1 fully saturated rings. The number of carboxylic acids is 1. The molecule has 2 rings (SSSR count). The third kappa shape index (κ3) is 3.65. The van der Waals surface area contributed by atoms with Crippen molar-refractivity contribution in [3.63, 3.8) is 0 Å². The lowest BCUT2D eigenvalue weighted by molar-refractivity contribution is 0.0685. The second-order valence-electron chi connectivity index (χ2n) is 6.08. The average Bonchev–Trinajstić information content (AvgIpc) is 3.13. The second-order valence-corrected chi connectivity index (χ2v) is 7.84. The maximum Gasteiger partial charge on any atom is 0.352 e. The summed E-state index contributed by atoms with van der Waals surface area (Å²) in [4.78, 5) is 11.2. The van der Waals surface area contributed by atoms with Gasteiger partial charge in [-0.1, -0.05) is 20.8 Å². The van der Waals surface area contributed by atoms with Gasteiger partial charge in [-0.25, -0.2) is 17.9 Å². The van der Waals surface area contributed by atoms with Crippen molar-refractivity contribution in [1.82, 2.24) is 9.29 Å². The van der Waals surface area contributed by atoms with Crippen molar-refractivity contribution in [2.24, 2.45) is 11.8 Å². The fraction of sp³-hybridized carbons (Fsp3) is 0.643. The predicted molar refractivity (Wildman–Crippen MR) is 78.9 cm³/mol. The monoisotopic (exact) mass is 314 g/mol. The summed E-state index contributed by atoms with van der Waals surface area (Å²) in [5, 5.41) is 9.18. The number of carboxylic acid groups (broad SMARTS) is 1. The Labute approximate surface area is 125 Å². The van der Waals surface area contributed by atoms with Crippen LogP contribution >= 0.6 is 0 Å². The number of nitrogens with zero attached hydrogens (tertiary/aromatic N) is 1. The Kier molecular flexibility index (Phi) is 4.43. The van der Waals surface area contributed by atoms with E-state index in [1.165, 1.54) is 12.3 Å². The molecule has 0 bridgehead atoms.